The maximum atomic E-state index is 4.17. The molecule has 0 radical (unpaired) electrons. The zero-order valence-electron chi connectivity index (χ0n) is 10.2. The van der Waals surface area contributed by atoms with Gasteiger partial charge in [-0.25, -0.2) is 4.68 Å². The molecule has 2 rings (SSSR count). The second-order valence-electron chi connectivity index (χ2n) is 4.59. The lowest BCUT2D eigenvalue weighted by Gasteiger charge is -2.31. The van der Waals surface area contributed by atoms with Crippen LogP contribution in [0.3, 0.4) is 0 Å². The number of aromatic nitrogens is 4. The van der Waals surface area contributed by atoms with Crippen molar-refractivity contribution in [3.05, 3.63) is 5.82 Å². The summed E-state index contributed by atoms with van der Waals surface area (Å²) in [6.07, 6.45) is 6.43. The van der Waals surface area contributed by atoms with E-state index in [1.807, 2.05) is 11.7 Å². The number of hydrogen-bond donors (Lipinski definition) is 1. The Labute approximate surface area is 96.6 Å². The second kappa shape index (κ2) is 5.39. The molecule has 1 aromatic rings. The molecule has 0 bridgehead atoms. The van der Waals surface area contributed by atoms with Gasteiger partial charge in [-0.3, -0.25) is 0 Å². The van der Waals surface area contributed by atoms with Crippen LogP contribution in [0.2, 0.25) is 0 Å². The summed E-state index contributed by atoms with van der Waals surface area (Å²) in [4.78, 5) is 0. The van der Waals surface area contributed by atoms with Gasteiger partial charge in [-0.05, 0) is 36.2 Å². The normalized spacial score (nSPS) is 25.9. The van der Waals surface area contributed by atoms with E-state index in [2.05, 4.69) is 27.8 Å². The minimum Gasteiger partial charge on any atom is -0.313 e. The fraction of sp³-hybridized carbons (Fsp3) is 0.909. The summed E-state index contributed by atoms with van der Waals surface area (Å²) in [5.74, 6) is 1.71. The molecule has 1 aliphatic carbocycles. The highest BCUT2D eigenvalue weighted by Gasteiger charge is 2.27. The molecule has 1 aliphatic rings. The minimum atomic E-state index is 0.511. The third kappa shape index (κ3) is 2.24. The summed E-state index contributed by atoms with van der Waals surface area (Å²) in [5, 5.41) is 15.2. The molecule has 0 saturated heterocycles. The Kier molecular flexibility index (Phi) is 3.88. The maximum absolute atomic E-state index is 4.17. The van der Waals surface area contributed by atoms with Gasteiger partial charge in [-0.1, -0.05) is 26.2 Å². The van der Waals surface area contributed by atoms with E-state index in [0.717, 1.165) is 18.3 Å². The maximum Gasteiger partial charge on any atom is 0.165 e. The van der Waals surface area contributed by atoms with E-state index >= 15 is 0 Å². The van der Waals surface area contributed by atoms with Gasteiger partial charge in [-0.2, -0.15) is 0 Å². The number of tetrazole rings is 1. The Morgan fingerprint density at radius 1 is 1.38 bits per heavy atom. The molecular weight excluding hydrogens is 202 g/mol. The first-order valence-electron chi connectivity index (χ1n) is 6.28. The molecule has 0 aromatic carbocycles. The molecular formula is C11H21N5. The van der Waals surface area contributed by atoms with Crippen LogP contribution in [0.15, 0.2) is 0 Å². The molecule has 0 aliphatic heterocycles. The van der Waals surface area contributed by atoms with Gasteiger partial charge in [0, 0.05) is 0 Å². The first kappa shape index (κ1) is 11.5. The van der Waals surface area contributed by atoms with E-state index in [-0.39, 0.29) is 0 Å². The second-order valence-corrected chi connectivity index (χ2v) is 4.59. The summed E-state index contributed by atoms with van der Waals surface area (Å²) in [6, 6.07) is 0.511. The van der Waals surface area contributed by atoms with E-state index in [1.54, 1.807) is 0 Å². The van der Waals surface area contributed by atoms with Crippen molar-refractivity contribution in [1.82, 2.24) is 25.5 Å². The topological polar surface area (TPSA) is 55.6 Å². The van der Waals surface area contributed by atoms with Crippen LogP contribution in [-0.4, -0.2) is 27.3 Å². The quantitative estimate of drug-likeness (QED) is 0.841. The van der Waals surface area contributed by atoms with Crippen LogP contribution in [-0.2, 0) is 6.54 Å². The number of nitrogens with zero attached hydrogens (tertiary/aromatic N) is 4. The summed E-state index contributed by atoms with van der Waals surface area (Å²) in [5.41, 5.74) is 0. The third-order valence-corrected chi connectivity index (χ3v) is 3.60. The lowest BCUT2D eigenvalue weighted by molar-refractivity contribution is 0.209. The molecule has 16 heavy (non-hydrogen) atoms. The molecule has 1 heterocycles. The van der Waals surface area contributed by atoms with Crippen LogP contribution in [0, 0.1) is 5.92 Å². The van der Waals surface area contributed by atoms with Crippen molar-refractivity contribution < 1.29 is 0 Å². The largest absolute Gasteiger partial charge is 0.313 e. The predicted molar refractivity (Wildman–Crippen MR) is 61.9 cm³/mol. The molecule has 5 nitrogen and oxygen atoms in total. The Morgan fingerprint density at radius 3 is 2.94 bits per heavy atom. The van der Waals surface area contributed by atoms with Crippen LogP contribution in [0.4, 0.5) is 0 Å². The van der Waals surface area contributed by atoms with E-state index < -0.39 is 0 Å². The highest BCUT2D eigenvalue weighted by molar-refractivity contribution is 4.87. The van der Waals surface area contributed by atoms with Crippen molar-refractivity contribution in [2.45, 2.75) is 51.6 Å². The average molecular weight is 223 g/mol. The van der Waals surface area contributed by atoms with Crippen molar-refractivity contribution in [3.8, 4) is 0 Å². The fourth-order valence-electron chi connectivity index (χ4n) is 2.73. The van der Waals surface area contributed by atoms with Crippen molar-refractivity contribution in [3.63, 3.8) is 0 Å². The lowest BCUT2D eigenvalue weighted by atomic mass is 9.83. The Morgan fingerprint density at radius 2 is 2.19 bits per heavy atom. The van der Waals surface area contributed by atoms with E-state index in [1.165, 1.54) is 32.1 Å². The molecule has 1 aromatic heterocycles. The smallest absolute Gasteiger partial charge is 0.165 e. The minimum absolute atomic E-state index is 0.511. The van der Waals surface area contributed by atoms with Crippen molar-refractivity contribution in [2.24, 2.45) is 5.92 Å². The monoisotopic (exact) mass is 223 g/mol. The van der Waals surface area contributed by atoms with Gasteiger partial charge in [0.25, 0.3) is 0 Å². The molecule has 0 spiro atoms. The van der Waals surface area contributed by atoms with Crippen LogP contribution >= 0.6 is 0 Å². The number of rotatable bonds is 4. The molecule has 1 saturated carbocycles. The summed E-state index contributed by atoms with van der Waals surface area (Å²) >= 11 is 0. The van der Waals surface area contributed by atoms with Crippen LogP contribution in [0.25, 0.3) is 0 Å². The molecule has 1 fully saturated rings. The highest BCUT2D eigenvalue weighted by atomic mass is 15.6. The molecule has 5 heteroatoms. The Balaban J connectivity index is 2.16. The average Bonchev–Trinajstić information content (AvgIpc) is 2.77. The van der Waals surface area contributed by atoms with Crippen LogP contribution in [0.1, 0.15) is 50.9 Å². The Hall–Kier alpha value is -0.970. The zero-order chi connectivity index (χ0) is 11.4. The third-order valence-electron chi connectivity index (χ3n) is 3.60. The predicted octanol–water partition coefficient (Wildman–Crippen LogP) is 1.53. The van der Waals surface area contributed by atoms with Gasteiger partial charge >= 0.3 is 0 Å². The molecule has 2 unspecified atom stereocenters. The van der Waals surface area contributed by atoms with Gasteiger partial charge in [0.05, 0.1) is 12.6 Å². The summed E-state index contributed by atoms with van der Waals surface area (Å²) in [7, 11) is 1.93. The van der Waals surface area contributed by atoms with Crippen LogP contribution < -0.4 is 5.32 Å². The van der Waals surface area contributed by atoms with Gasteiger partial charge in [0.1, 0.15) is 0 Å². The fourth-order valence-corrected chi connectivity index (χ4v) is 2.73. The highest BCUT2D eigenvalue weighted by Crippen LogP contribution is 2.35. The van der Waals surface area contributed by atoms with Gasteiger partial charge < -0.3 is 5.32 Å². The molecule has 90 valence electrons. The zero-order valence-corrected chi connectivity index (χ0v) is 10.2. The van der Waals surface area contributed by atoms with Crippen molar-refractivity contribution in [2.75, 3.05) is 7.05 Å². The Bertz CT molecular complexity index is 322. The molecule has 0 amide bonds. The van der Waals surface area contributed by atoms with E-state index in [4.69, 9.17) is 0 Å². The van der Waals surface area contributed by atoms with Crippen molar-refractivity contribution >= 4 is 0 Å². The summed E-state index contributed by atoms with van der Waals surface area (Å²) < 4.78 is 2.05. The number of hydrogen-bond acceptors (Lipinski definition) is 4. The standard InChI is InChI=1S/C11H21N5/c1-3-9-6-4-5-7-10(9)16-11(8-12-2)13-14-15-16/h9-10,12H,3-8H2,1-2H3. The SMILES string of the molecule is CCC1CCCCC1n1nnnc1CNC. The summed E-state index contributed by atoms with van der Waals surface area (Å²) in [6.45, 7) is 3.02. The first-order valence-corrected chi connectivity index (χ1v) is 6.28. The molecule has 2 atom stereocenters. The van der Waals surface area contributed by atoms with Crippen LogP contribution in [0.5, 0.6) is 0 Å². The van der Waals surface area contributed by atoms with Crippen molar-refractivity contribution in [1.29, 1.82) is 0 Å². The van der Waals surface area contributed by atoms with Gasteiger partial charge in [0.2, 0.25) is 0 Å². The van der Waals surface area contributed by atoms with Gasteiger partial charge in [0.15, 0.2) is 5.82 Å². The molecule has 1 N–H and O–H groups in total. The first-order chi connectivity index (χ1) is 7.86. The number of nitrogens with one attached hydrogen (secondary N) is 1. The van der Waals surface area contributed by atoms with E-state index in [9.17, 15) is 0 Å². The van der Waals surface area contributed by atoms with Gasteiger partial charge in [-0.15, -0.1) is 5.10 Å². The lowest BCUT2D eigenvalue weighted by Crippen LogP contribution is -2.26. The van der Waals surface area contributed by atoms with E-state index in [0.29, 0.717) is 6.04 Å².